The van der Waals surface area contributed by atoms with Crippen LogP contribution in [0.1, 0.15) is 15.9 Å². The normalized spacial score (nSPS) is 10.3. The number of amides is 1. The van der Waals surface area contributed by atoms with Crippen LogP contribution >= 0.6 is 0 Å². The van der Waals surface area contributed by atoms with Crippen LogP contribution in [0, 0.1) is 12.7 Å². The van der Waals surface area contributed by atoms with Crippen molar-refractivity contribution in [1.82, 2.24) is 0 Å². The van der Waals surface area contributed by atoms with Crippen molar-refractivity contribution in [1.29, 1.82) is 0 Å². The smallest absolute Gasteiger partial charge is 0.260 e. The second-order valence-electron chi connectivity index (χ2n) is 4.37. The van der Waals surface area contributed by atoms with Gasteiger partial charge in [0.2, 0.25) is 0 Å². The third-order valence-electron chi connectivity index (χ3n) is 2.87. The lowest BCUT2D eigenvalue weighted by Crippen LogP contribution is -2.27. The van der Waals surface area contributed by atoms with E-state index in [1.54, 1.807) is 32.2 Å². The Kier molecular flexibility index (Phi) is 3.51. The zero-order chi connectivity index (χ0) is 14.0. The molecule has 0 aliphatic heterocycles. The van der Waals surface area contributed by atoms with E-state index in [0.29, 0.717) is 5.69 Å². The Morgan fingerprint density at radius 3 is 2.63 bits per heavy atom. The van der Waals surface area contributed by atoms with Crippen molar-refractivity contribution < 1.29 is 14.3 Å². The van der Waals surface area contributed by atoms with Gasteiger partial charge in [-0.1, -0.05) is 17.7 Å². The predicted molar refractivity (Wildman–Crippen MR) is 72.0 cm³/mol. The predicted octanol–water partition coefficient (Wildman–Crippen LogP) is 3.12. The van der Waals surface area contributed by atoms with Gasteiger partial charge in [-0.2, -0.15) is 0 Å². The van der Waals surface area contributed by atoms with Gasteiger partial charge in [-0.15, -0.1) is 0 Å². The summed E-state index contributed by atoms with van der Waals surface area (Å²) in [4.78, 5) is 13.5. The number of carbonyl (C=O) groups excluding carboxylic acids is 1. The molecule has 0 atom stereocenters. The number of anilines is 1. The van der Waals surface area contributed by atoms with Crippen LogP contribution in [0.4, 0.5) is 10.1 Å². The van der Waals surface area contributed by atoms with Gasteiger partial charge in [0, 0.05) is 18.8 Å². The molecule has 19 heavy (non-hydrogen) atoms. The Bertz CT molecular complexity index is 625. The molecule has 0 bridgehead atoms. The fourth-order valence-electron chi connectivity index (χ4n) is 1.80. The van der Waals surface area contributed by atoms with Crippen molar-refractivity contribution in [3.8, 4) is 5.75 Å². The van der Waals surface area contributed by atoms with Crippen molar-refractivity contribution in [2.45, 2.75) is 6.92 Å². The summed E-state index contributed by atoms with van der Waals surface area (Å²) in [5.41, 5.74) is 1.34. The SMILES string of the molecule is Cc1ccc(F)c(C(=O)N(C)c2cccc(O)c2)c1. The summed E-state index contributed by atoms with van der Waals surface area (Å²) < 4.78 is 13.7. The lowest BCUT2D eigenvalue weighted by molar-refractivity contribution is 0.0989. The van der Waals surface area contributed by atoms with E-state index in [1.807, 2.05) is 0 Å². The van der Waals surface area contributed by atoms with Crippen molar-refractivity contribution in [2.75, 3.05) is 11.9 Å². The van der Waals surface area contributed by atoms with E-state index >= 15 is 0 Å². The van der Waals surface area contributed by atoms with Gasteiger partial charge in [-0.3, -0.25) is 4.79 Å². The third-order valence-corrected chi connectivity index (χ3v) is 2.87. The molecule has 0 heterocycles. The number of rotatable bonds is 2. The molecule has 3 nitrogen and oxygen atoms in total. The molecule has 98 valence electrons. The van der Waals surface area contributed by atoms with Gasteiger partial charge in [-0.05, 0) is 31.2 Å². The first-order valence-electron chi connectivity index (χ1n) is 5.82. The number of benzene rings is 2. The van der Waals surface area contributed by atoms with E-state index in [4.69, 9.17) is 0 Å². The summed E-state index contributed by atoms with van der Waals surface area (Å²) >= 11 is 0. The van der Waals surface area contributed by atoms with Crippen LogP contribution < -0.4 is 4.90 Å². The largest absolute Gasteiger partial charge is 0.508 e. The van der Waals surface area contributed by atoms with Crippen LogP contribution in [-0.2, 0) is 0 Å². The average molecular weight is 259 g/mol. The van der Waals surface area contributed by atoms with Crippen LogP contribution in [0.2, 0.25) is 0 Å². The maximum absolute atomic E-state index is 13.7. The van der Waals surface area contributed by atoms with E-state index in [0.717, 1.165) is 5.56 Å². The van der Waals surface area contributed by atoms with E-state index in [9.17, 15) is 14.3 Å². The number of carbonyl (C=O) groups is 1. The molecule has 0 aliphatic carbocycles. The Morgan fingerprint density at radius 1 is 1.21 bits per heavy atom. The molecule has 2 aromatic carbocycles. The molecule has 1 N–H and O–H groups in total. The van der Waals surface area contributed by atoms with E-state index in [2.05, 4.69) is 0 Å². The highest BCUT2D eigenvalue weighted by Gasteiger charge is 2.17. The van der Waals surface area contributed by atoms with Crippen LogP contribution in [0.5, 0.6) is 5.75 Å². The second-order valence-corrected chi connectivity index (χ2v) is 4.37. The van der Waals surface area contributed by atoms with Gasteiger partial charge in [-0.25, -0.2) is 4.39 Å². The standard InChI is InChI=1S/C15H14FNO2/c1-10-6-7-14(16)13(8-10)15(19)17(2)11-4-3-5-12(18)9-11/h3-9,18H,1-2H3. The zero-order valence-electron chi connectivity index (χ0n) is 10.7. The molecule has 2 rings (SSSR count). The van der Waals surface area contributed by atoms with Crippen molar-refractivity contribution in [3.63, 3.8) is 0 Å². The minimum Gasteiger partial charge on any atom is -0.508 e. The molecule has 0 aromatic heterocycles. The number of phenolic OH excluding ortho intramolecular Hbond substituents is 1. The van der Waals surface area contributed by atoms with Gasteiger partial charge in [0.15, 0.2) is 0 Å². The van der Waals surface area contributed by atoms with E-state index in [1.165, 1.54) is 29.2 Å². The third kappa shape index (κ3) is 2.73. The zero-order valence-corrected chi connectivity index (χ0v) is 10.7. The minimum atomic E-state index is -0.553. The summed E-state index contributed by atoms with van der Waals surface area (Å²) in [5.74, 6) is -0.948. The number of nitrogens with zero attached hydrogens (tertiary/aromatic N) is 1. The Labute approximate surface area is 110 Å². The maximum Gasteiger partial charge on any atom is 0.260 e. The summed E-state index contributed by atoms with van der Waals surface area (Å²) in [6.45, 7) is 1.80. The summed E-state index contributed by atoms with van der Waals surface area (Å²) in [5, 5.41) is 9.40. The monoisotopic (exact) mass is 259 g/mol. The highest BCUT2D eigenvalue weighted by molar-refractivity contribution is 6.06. The van der Waals surface area contributed by atoms with Gasteiger partial charge in [0.25, 0.3) is 5.91 Å². The molecule has 0 saturated carbocycles. The first-order valence-corrected chi connectivity index (χ1v) is 5.82. The Morgan fingerprint density at radius 2 is 1.95 bits per heavy atom. The fourth-order valence-corrected chi connectivity index (χ4v) is 1.80. The first kappa shape index (κ1) is 13.1. The molecule has 0 spiro atoms. The van der Waals surface area contributed by atoms with Crippen LogP contribution in [0.15, 0.2) is 42.5 Å². The molecule has 0 saturated heterocycles. The van der Waals surface area contributed by atoms with Crippen molar-refractivity contribution in [3.05, 3.63) is 59.4 Å². The van der Waals surface area contributed by atoms with Gasteiger partial charge < -0.3 is 10.0 Å². The molecular formula is C15H14FNO2. The fraction of sp³-hybridized carbons (Fsp3) is 0.133. The van der Waals surface area contributed by atoms with E-state index < -0.39 is 11.7 Å². The van der Waals surface area contributed by atoms with Gasteiger partial charge in [0.05, 0.1) is 5.56 Å². The number of hydrogen-bond acceptors (Lipinski definition) is 2. The van der Waals surface area contributed by atoms with Crippen molar-refractivity contribution >= 4 is 11.6 Å². The topological polar surface area (TPSA) is 40.5 Å². The Balaban J connectivity index is 2.36. The molecule has 4 heteroatoms. The summed E-state index contributed by atoms with van der Waals surface area (Å²) in [6.07, 6.45) is 0. The summed E-state index contributed by atoms with van der Waals surface area (Å²) in [7, 11) is 1.54. The number of aryl methyl sites for hydroxylation is 1. The quantitative estimate of drug-likeness (QED) is 0.900. The number of hydrogen-bond donors (Lipinski definition) is 1. The number of aromatic hydroxyl groups is 1. The number of halogens is 1. The lowest BCUT2D eigenvalue weighted by Gasteiger charge is -2.18. The number of phenols is 1. The van der Waals surface area contributed by atoms with Gasteiger partial charge in [0.1, 0.15) is 11.6 Å². The average Bonchev–Trinajstić information content (AvgIpc) is 2.40. The van der Waals surface area contributed by atoms with Crippen LogP contribution in [-0.4, -0.2) is 18.1 Å². The highest BCUT2D eigenvalue weighted by atomic mass is 19.1. The summed E-state index contributed by atoms with van der Waals surface area (Å²) in [6, 6.07) is 10.7. The van der Waals surface area contributed by atoms with Crippen molar-refractivity contribution in [2.24, 2.45) is 0 Å². The molecule has 1 amide bonds. The highest BCUT2D eigenvalue weighted by Crippen LogP contribution is 2.21. The minimum absolute atomic E-state index is 0.0193. The van der Waals surface area contributed by atoms with Gasteiger partial charge >= 0.3 is 0 Å². The lowest BCUT2D eigenvalue weighted by atomic mass is 10.1. The molecule has 0 radical (unpaired) electrons. The maximum atomic E-state index is 13.7. The first-order chi connectivity index (χ1) is 8.99. The molecule has 0 fully saturated rings. The molecule has 2 aromatic rings. The molecule has 0 unspecified atom stereocenters. The van der Waals surface area contributed by atoms with Crippen LogP contribution in [0.3, 0.4) is 0 Å². The molecular weight excluding hydrogens is 245 g/mol. The second kappa shape index (κ2) is 5.10. The molecule has 0 aliphatic rings. The van der Waals surface area contributed by atoms with Crippen LogP contribution in [0.25, 0.3) is 0 Å². The van der Waals surface area contributed by atoms with E-state index in [-0.39, 0.29) is 11.3 Å². The Hall–Kier alpha value is -2.36.